The Morgan fingerprint density at radius 2 is 1.75 bits per heavy atom. The van der Waals surface area contributed by atoms with E-state index in [-0.39, 0.29) is 31.2 Å². The van der Waals surface area contributed by atoms with Gasteiger partial charge in [-0.05, 0) is 61.4 Å². The lowest BCUT2D eigenvalue weighted by atomic mass is 9.91. The van der Waals surface area contributed by atoms with Crippen LogP contribution in [0, 0.1) is 11.8 Å². The van der Waals surface area contributed by atoms with Gasteiger partial charge in [-0.2, -0.15) is 0 Å². The van der Waals surface area contributed by atoms with Gasteiger partial charge in [-0.3, -0.25) is 4.79 Å². The molecule has 2 saturated carbocycles. The molecule has 1 heterocycles. The van der Waals surface area contributed by atoms with Crippen molar-refractivity contribution in [2.45, 2.75) is 62.6 Å². The van der Waals surface area contributed by atoms with Gasteiger partial charge in [0.2, 0.25) is 5.91 Å². The van der Waals surface area contributed by atoms with Crippen LogP contribution in [0.2, 0.25) is 0 Å². The maximum Gasteiger partial charge on any atom is 0.339 e. The summed E-state index contributed by atoms with van der Waals surface area (Å²) in [6.45, 7) is -0.0234. The third-order valence-electron chi connectivity index (χ3n) is 8.17. The number of nitrogens with one attached hydrogen (secondary N) is 1. The number of carbonyl (C=O) groups excluding carboxylic acids is 2. The average molecular weight is 546 g/mol. The van der Waals surface area contributed by atoms with E-state index in [1.165, 1.54) is 0 Å². The second kappa shape index (κ2) is 11.2. The summed E-state index contributed by atoms with van der Waals surface area (Å²) in [7, 11) is 0. The fourth-order valence-electron chi connectivity index (χ4n) is 5.88. The Labute approximate surface area is 233 Å². The summed E-state index contributed by atoms with van der Waals surface area (Å²) in [6, 6.07) is 14.4. The smallest absolute Gasteiger partial charge is 0.339 e. The summed E-state index contributed by atoms with van der Waals surface area (Å²) in [5.41, 5.74) is 2.36. The Kier molecular flexibility index (Phi) is 7.49. The molecule has 0 bridgehead atoms. The minimum Gasteiger partial charge on any atom is -0.508 e. The first-order valence-corrected chi connectivity index (χ1v) is 14.2. The lowest BCUT2D eigenvalue weighted by Gasteiger charge is -2.31. The van der Waals surface area contributed by atoms with Crippen LogP contribution in [-0.4, -0.2) is 59.3 Å². The van der Waals surface area contributed by atoms with Crippen molar-refractivity contribution in [2.75, 3.05) is 13.2 Å². The molecule has 0 radical (unpaired) electrons. The highest BCUT2D eigenvalue weighted by Gasteiger charge is 2.64. The normalized spacial score (nSPS) is 25.3. The van der Waals surface area contributed by atoms with Gasteiger partial charge < -0.3 is 29.7 Å². The summed E-state index contributed by atoms with van der Waals surface area (Å²) >= 11 is 0. The quantitative estimate of drug-likeness (QED) is 0.388. The van der Waals surface area contributed by atoms with E-state index >= 15 is 0 Å². The van der Waals surface area contributed by atoms with E-state index in [0.29, 0.717) is 35.0 Å². The number of allylic oxidation sites excluding steroid dienone is 1. The number of fused-ring (bicyclic) bond motifs is 1. The molecular weight excluding hydrogens is 510 g/mol. The monoisotopic (exact) mass is 545 g/mol. The molecule has 1 aliphatic heterocycles. The van der Waals surface area contributed by atoms with E-state index < -0.39 is 30.1 Å². The van der Waals surface area contributed by atoms with Gasteiger partial charge in [0.1, 0.15) is 24.1 Å². The van der Waals surface area contributed by atoms with E-state index in [1.807, 2.05) is 42.5 Å². The molecule has 6 rings (SSSR count). The van der Waals surface area contributed by atoms with Crippen LogP contribution in [0.5, 0.6) is 5.75 Å². The van der Waals surface area contributed by atoms with Crippen molar-refractivity contribution in [3.8, 4) is 5.75 Å². The maximum absolute atomic E-state index is 13.6. The number of rotatable bonds is 10. The zero-order valence-electron chi connectivity index (χ0n) is 22.3. The SMILES string of the molecule is O=C(NCCO)C1=C[C@H]2OC(C3CC3)(C3CC3)O[C@H]2[C@H](OC(=O)c2ccccc2C=CCc2ccccc2O)C1. The molecule has 0 unspecified atom stereocenters. The highest BCUT2D eigenvalue weighted by molar-refractivity contribution is 5.95. The lowest BCUT2D eigenvalue weighted by Crippen LogP contribution is -2.44. The number of hydrogen-bond donors (Lipinski definition) is 3. The number of hydrogen-bond acceptors (Lipinski definition) is 7. The molecule has 0 aromatic heterocycles. The molecular formula is C32H35NO7. The van der Waals surface area contributed by atoms with Crippen molar-refractivity contribution in [1.29, 1.82) is 0 Å². The standard InChI is InChI=1S/C32H35NO7/c34-17-16-33-30(36)22-18-27(29-28(19-22)39-32(40-29,23-12-13-23)24-14-15-24)38-31(37)25-10-3-1-6-20(25)8-5-9-21-7-2-4-11-26(21)35/h1-8,10-11,19,23-24,27-29,34-35H,9,12-18H2,(H,33,36)/t27-,28-,29+/m1/s1. The number of aliphatic hydroxyl groups excluding tert-OH is 1. The largest absolute Gasteiger partial charge is 0.508 e. The predicted molar refractivity (Wildman–Crippen MR) is 147 cm³/mol. The van der Waals surface area contributed by atoms with Crippen LogP contribution in [0.25, 0.3) is 6.08 Å². The van der Waals surface area contributed by atoms with E-state index in [1.54, 1.807) is 24.3 Å². The van der Waals surface area contributed by atoms with Crippen LogP contribution in [-0.2, 0) is 25.4 Å². The molecule has 1 amide bonds. The van der Waals surface area contributed by atoms with Crippen molar-refractivity contribution in [1.82, 2.24) is 5.32 Å². The number of benzene rings is 2. The molecule has 8 nitrogen and oxygen atoms in total. The van der Waals surface area contributed by atoms with E-state index in [2.05, 4.69) is 5.32 Å². The first-order chi connectivity index (χ1) is 19.5. The number of amides is 1. The number of carbonyl (C=O) groups is 2. The zero-order chi connectivity index (χ0) is 27.7. The van der Waals surface area contributed by atoms with Gasteiger partial charge in [0.15, 0.2) is 5.79 Å². The highest BCUT2D eigenvalue weighted by Crippen LogP contribution is 2.59. The van der Waals surface area contributed by atoms with Gasteiger partial charge in [0.25, 0.3) is 0 Å². The van der Waals surface area contributed by atoms with Crippen molar-refractivity contribution < 1.29 is 34.0 Å². The van der Waals surface area contributed by atoms with Crippen LogP contribution < -0.4 is 5.32 Å². The summed E-state index contributed by atoms with van der Waals surface area (Å²) in [6.07, 6.45) is 8.78. The van der Waals surface area contributed by atoms with E-state index in [0.717, 1.165) is 31.2 Å². The number of aliphatic hydroxyl groups is 1. The fourth-order valence-corrected chi connectivity index (χ4v) is 5.88. The molecule has 0 spiro atoms. The van der Waals surface area contributed by atoms with Crippen molar-refractivity contribution in [3.63, 3.8) is 0 Å². The number of phenols is 1. The van der Waals surface area contributed by atoms with Gasteiger partial charge in [-0.1, -0.05) is 48.6 Å². The molecule has 8 heteroatoms. The number of esters is 1. The molecule has 3 N–H and O–H groups in total. The maximum atomic E-state index is 13.6. The first-order valence-electron chi connectivity index (χ1n) is 14.2. The molecule has 1 saturated heterocycles. The van der Waals surface area contributed by atoms with Crippen molar-refractivity contribution >= 4 is 18.0 Å². The number of para-hydroxylation sites is 1. The zero-order valence-corrected chi connectivity index (χ0v) is 22.3. The third kappa shape index (κ3) is 5.44. The van der Waals surface area contributed by atoms with Crippen LogP contribution in [0.1, 0.15) is 53.6 Å². The molecule has 40 heavy (non-hydrogen) atoms. The lowest BCUT2D eigenvalue weighted by molar-refractivity contribution is -0.209. The molecule has 2 aromatic rings. The highest BCUT2D eigenvalue weighted by atomic mass is 16.8. The van der Waals surface area contributed by atoms with Crippen LogP contribution in [0.4, 0.5) is 0 Å². The molecule has 2 aromatic carbocycles. The summed E-state index contributed by atoms with van der Waals surface area (Å²) in [4.78, 5) is 26.4. The average Bonchev–Trinajstić information content (AvgIpc) is 3.90. The Morgan fingerprint density at radius 1 is 1.02 bits per heavy atom. The summed E-state index contributed by atoms with van der Waals surface area (Å²) < 4.78 is 19.3. The Hall–Kier alpha value is -3.46. The summed E-state index contributed by atoms with van der Waals surface area (Å²) in [5, 5.41) is 21.9. The molecule has 4 aliphatic rings. The summed E-state index contributed by atoms with van der Waals surface area (Å²) in [5.74, 6) is -0.584. The number of phenolic OH excluding ortho intramolecular Hbond substituents is 1. The van der Waals surface area contributed by atoms with E-state index in [9.17, 15) is 14.7 Å². The molecule has 210 valence electrons. The third-order valence-corrected chi connectivity index (χ3v) is 8.17. The second-order valence-electron chi connectivity index (χ2n) is 11.1. The number of ether oxygens (including phenoxy) is 3. The van der Waals surface area contributed by atoms with E-state index in [4.69, 9.17) is 19.3 Å². The molecule has 3 atom stereocenters. The van der Waals surface area contributed by atoms with Crippen LogP contribution in [0.3, 0.4) is 0 Å². The van der Waals surface area contributed by atoms with Gasteiger partial charge in [0, 0.05) is 30.4 Å². The Bertz CT molecular complexity index is 1310. The van der Waals surface area contributed by atoms with Gasteiger partial charge in [0.05, 0.1) is 12.2 Å². The minimum absolute atomic E-state index is 0.140. The number of aromatic hydroxyl groups is 1. The van der Waals surface area contributed by atoms with Gasteiger partial charge in [-0.15, -0.1) is 0 Å². The van der Waals surface area contributed by atoms with Crippen molar-refractivity contribution in [2.24, 2.45) is 11.8 Å². The fraction of sp³-hybridized carbons (Fsp3) is 0.438. The minimum atomic E-state index is -0.699. The van der Waals surface area contributed by atoms with Gasteiger partial charge in [-0.25, -0.2) is 4.79 Å². The Balaban J connectivity index is 1.22. The van der Waals surface area contributed by atoms with Crippen molar-refractivity contribution in [3.05, 3.63) is 82.9 Å². The van der Waals surface area contributed by atoms with Crippen LogP contribution >= 0.6 is 0 Å². The predicted octanol–water partition coefficient (Wildman–Crippen LogP) is 3.91. The molecule has 3 fully saturated rings. The first kappa shape index (κ1) is 26.7. The Morgan fingerprint density at radius 3 is 2.48 bits per heavy atom. The second-order valence-corrected chi connectivity index (χ2v) is 11.1. The molecule has 3 aliphatic carbocycles. The van der Waals surface area contributed by atoms with Crippen LogP contribution in [0.15, 0.2) is 66.3 Å². The topological polar surface area (TPSA) is 114 Å². The van der Waals surface area contributed by atoms with Gasteiger partial charge >= 0.3 is 5.97 Å².